The second kappa shape index (κ2) is 8.27. The van der Waals surface area contributed by atoms with Crippen molar-refractivity contribution in [3.8, 4) is 0 Å². The van der Waals surface area contributed by atoms with Crippen molar-refractivity contribution in [2.45, 2.75) is 51.9 Å². The average Bonchev–Trinajstić information content (AvgIpc) is 2.66. The van der Waals surface area contributed by atoms with E-state index in [1.54, 1.807) is 0 Å². The Bertz CT molecular complexity index is 669. The second-order valence-electron chi connectivity index (χ2n) is 8.13. The average molecular weight is 398 g/mol. The molecular formula is C20H29F3N4O. The van der Waals surface area contributed by atoms with Gasteiger partial charge in [-0.25, -0.2) is 4.98 Å². The van der Waals surface area contributed by atoms with Gasteiger partial charge in [0.1, 0.15) is 5.69 Å². The van der Waals surface area contributed by atoms with Crippen LogP contribution in [0.3, 0.4) is 0 Å². The van der Waals surface area contributed by atoms with Crippen LogP contribution in [0.5, 0.6) is 0 Å². The van der Waals surface area contributed by atoms with Crippen molar-refractivity contribution in [2.75, 3.05) is 37.6 Å². The molecule has 2 aliphatic rings. The highest BCUT2D eigenvalue weighted by Gasteiger charge is 2.34. The number of pyridine rings is 1. The SMILES string of the molecule is CC(C)N1CCN(C(=O)C2CCN(c3ccc(C(F)(F)F)nc3)CC2)CC1C. The second-order valence-corrected chi connectivity index (χ2v) is 8.13. The van der Waals surface area contributed by atoms with Crippen LogP contribution in [-0.4, -0.2) is 65.5 Å². The molecule has 0 aromatic carbocycles. The number of hydrogen-bond donors (Lipinski definition) is 0. The zero-order chi connectivity index (χ0) is 20.5. The number of hydrogen-bond acceptors (Lipinski definition) is 4. The fourth-order valence-corrected chi connectivity index (χ4v) is 4.32. The fraction of sp³-hybridized carbons (Fsp3) is 0.700. The van der Waals surface area contributed by atoms with Crippen LogP contribution < -0.4 is 4.90 Å². The molecule has 2 fully saturated rings. The van der Waals surface area contributed by atoms with Crippen LogP contribution in [0.15, 0.2) is 18.3 Å². The van der Waals surface area contributed by atoms with Crippen molar-refractivity contribution in [3.63, 3.8) is 0 Å². The Morgan fingerprint density at radius 2 is 1.82 bits per heavy atom. The van der Waals surface area contributed by atoms with Gasteiger partial charge in [-0.05, 0) is 45.7 Å². The van der Waals surface area contributed by atoms with E-state index in [9.17, 15) is 18.0 Å². The number of amides is 1. The summed E-state index contributed by atoms with van der Waals surface area (Å²) in [5.41, 5.74) is -0.200. The van der Waals surface area contributed by atoms with Gasteiger partial charge >= 0.3 is 6.18 Å². The minimum atomic E-state index is -4.42. The van der Waals surface area contributed by atoms with Crippen LogP contribution in [-0.2, 0) is 11.0 Å². The van der Waals surface area contributed by atoms with Gasteiger partial charge < -0.3 is 9.80 Å². The summed E-state index contributed by atoms with van der Waals surface area (Å²) in [4.78, 5) is 22.9. The summed E-state index contributed by atoms with van der Waals surface area (Å²) in [6, 6.07) is 3.32. The highest BCUT2D eigenvalue weighted by Crippen LogP contribution is 2.30. The topological polar surface area (TPSA) is 39.7 Å². The minimum Gasteiger partial charge on any atom is -0.370 e. The molecule has 3 rings (SSSR count). The molecule has 1 amide bonds. The molecule has 5 nitrogen and oxygen atoms in total. The Balaban J connectivity index is 1.53. The van der Waals surface area contributed by atoms with Gasteiger partial charge in [0, 0.05) is 50.7 Å². The first-order valence-electron chi connectivity index (χ1n) is 9.99. The van der Waals surface area contributed by atoms with E-state index >= 15 is 0 Å². The number of alkyl halides is 3. The van der Waals surface area contributed by atoms with Crippen LogP contribution in [0, 0.1) is 5.92 Å². The Hall–Kier alpha value is -1.83. The number of aromatic nitrogens is 1. The van der Waals surface area contributed by atoms with Gasteiger partial charge in [0.15, 0.2) is 0 Å². The first kappa shape index (κ1) is 20.9. The van der Waals surface area contributed by atoms with E-state index in [0.717, 1.165) is 38.5 Å². The van der Waals surface area contributed by atoms with Gasteiger partial charge in [-0.3, -0.25) is 9.69 Å². The van der Waals surface area contributed by atoms with Crippen molar-refractivity contribution in [1.82, 2.24) is 14.8 Å². The third kappa shape index (κ3) is 4.59. The predicted octanol–water partition coefficient (Wildman–Crippen LogP) is 3.26. The van der Waals surface area contributed by atoms with E-state index in [4.69, 9.17) is 0 Å². The Morgan fingerprint density at radius 1 is 1.14 bits per heavy atom. The summed E-state index contributed by atoms with van der Waals surface area (Å²) < 4.78 is 38.0. The van der Waals surface area contributed by atoms with Crippen LogP contribution in [0.25, 0.3) is 0 Å². The smallest absolute Gasteiger partial charge is 0.370 e. The van der Waals surface area contributed by atoms with E-state index in [1.807, 2.05) is 9.80 Å². The van der Waals surface area contributed by atoms with Crippen molar-refractivity contribution in [2.24, 2.45) is 5.92 Å². The highest BCUT2D eigenvalue weighted by atomic mass is 19.4. The lowest BCUT2D eigenvalue weighted by atomic mass is 9.94. The van der Waals surface area contributed by atoms with Gasteiger partial charge in [-0.2, -0.15) is 13.2 Å². The molecule has 0 saturated carbocycles. The largest absolute Gasteiger partial charge is 0.433 e. The third-order valence-electron chi connectivity index (χ3n) is 5.90. The van der Waals surface area contributed by atoms with Gasteiger partial charge in [0.2, 0.25) is 5.91 Å². The fourth-order valence-electron chi connectivity index (χ4n) is 4.32. The molecule has 0 radical (unpaired) electrons. The number of carbonyl (C=O) groups excluding carboxylic acids is 1. The van der Waals surface area contributed by atoms with Gasteiger partial charge in [0.25, 0.3) is 0 Å². The summed E-state index contributed by atoms with van der Waals surface area (Å²) in [7, 11) is 0. The van der Waals surface area contributed by atoms with Gasteiger partial charge in [0.05, 0.1) is 11.9 Å². The van der Waals surface area contributed by atoms with Gasteiger partial charge in [-0.15, -0.1) is 0 Å². The molecule has 2 saturated heterocycles. The molecule has 1 aromatic heterocycles. The van der Waals surface area contributed by atoms with Crippen LogP contribution in [0.1, 0.15) is 39.3 Å². The molecule has 0 N–H and O–H groups in total. The van der Waals surface area contributed by atoms with E-state index in [2.05, 4.69) is 30.7 Å². The van der Waals surface area contributed by atoms with Crippen LogP contribution in [0.4, 0.5) is 18.9 Å². The third-order valence-corrected chi connectivity index (χ3v) is 5.90. The molecule has 0 aliphatic carbocycles. The Kier molecular flexibility index (Phi) is 6.17. The van der Waals surface area contributed by atoms with Crippen molar-refractivity contribution in [3.05, 3.63) is 24.0 Å². The molecule has 1 unspecified atom stereocenters. The summed E-state index contributed by atoms with van der Waals surface area (Å²) in [5, 5.41) is 0. The molecule has 8 heteroatoms. The lowest BCUT2D eigenvalue weighted by Crippen LogP contribution is -2.57. The van der Waals surface area contributed by atoms with E-state index in [1.165, 1.54) is 12.3 Å². The zero-order valence-corrected chi connectivity index (χ0v) is 16.7. The molecule has 28 heavy (non-hydrogen) atoms. The number of carbonyl (C=O) groups is 1. The molecule has 3 heterocycles. The van der Waals surface area contributed by atoms with Crippen molar-refractivity contribution < 1.29 is 18.0 Å². The lowest BCUT2D eigenvalue weighted by molar-refractivity contribution is -0.141. The number of rotatable bonds is 3. The lowest BCUT2D eigenvalue weighted by Gasteiger charge is -2.43. The summed E-state index contributed by atoms with van der Waals surface area (Å²) >= 11 is 0. The van der Waals surface area contributed by atoms with E-state index < -0.39 is 11.9 Å². The highest BCUT2D eigenvalue weighted by molar-refractivity contribution is 5.79. The summed E-state index contributed by atoms with van der Waals surface area (Å²) in [6.45, 7) is 10.3. The maximum atomic E-state index is 12.9. The number of halogens is 3. The maximum absolute atomic E-state index is 12.9. The Labute approximate surface area is 164 Å². The summed E-state index contributed by atoms with van der Waals surface area (Å²) in [6.07, 6.45) is -1.70. The maximum Gasteiger partial charge on any atom is 0.433 e. The van der Waals surface area contributed by atoms with Gasteiger partial charge in [-0.1, -0.05) is 0 Å². The molecule has 0 bridgehead atoms. The van der Waals surface area contributed by atoms with Crippen molar-refractivity contribution >= 4 is 11.6 Å². The molecular weight excluding hydrogens is 369 g/mol. The molecule has 2 aliphatic heterocycles. The van der Waals surface area contributed by atoms with Crippen LogP contribution in [0.2, 0.25) is 0 Å². The molecule has 156 valence electrons. The predicted molar refractivity (Wildman–Crippen MR) is 102 cm³/mol. The zero-order valence-electron chi connectivity index (χ0n) is 16.7. The first-order chi connectivity index (χ1) is 13.2. The quantitative estimate of drug-likeness (QED) is 0.784. The standard InChI is InChI=1S/C20H29F3N4O/c1-14(2)27-11-10-26(13-15(27)3)19(28)16-6-8-25(9-7-16)17-4-5-18(24-12-17)20(21,22)23/h4-5,12,14-16H,6-11,13H2,1-3H3. The molecule has 0 spiro atoms. The van der Waals surface area contributed by atoms with Crippen molar-refractivity contribution in [1.29, 1.82) is 0 Å². The molecule has 1 atom stereocenters. The number of anilines is 1. The number of piperazine rings is 1. The normalized spacial score (nSPS) is 22.8. The number of nitrogens with zero attached hydrogens (tertiary/aromatic N) is 4. The summed E-state index contributed by atoms with van der Waals surface area (Å²) in [5.74, 6) is 0.219. The first-order valence-corrected chi connectivity index (χ1v) is 9.99. The Morgan fingerprint density at radius 3 is 2.32 bits per heavy atom. The van der Waals surface area contributed by atoms with E-state index in [-0.39, 0.29) is 11.8 Å². The number of piperidine rings is 1. The molecule has 1 aromatic rings. The minimum absolute atomic E-state index is 0.00328. The van der Waals surface area contributed by atoms with E-state index in [0.29, 0.717) is 30.9 Å². The van der Waals surface area contributed by atoms with Crippen LogP contribution >= 0.6 is 0 Å². The monoisotopic (exact) mass is 398 g/mol.